The minimum absolute atomic E-state index is 0.217. The molecule has 21 heavy (non-hydrogen) atoms. The maximum atomic E-state index is 11.0. The van der Waals surface area contributed by atoms with Gasteiger partial charge in [0.1, 0.15) is 0 Å². The Balaban J connectivity index is 2.08. The Hall–Kier alpha value is -2.83. The van der Waals surface area contributed by atoms with Crippen LogP contribution in [0.5, 0.6) is 0 Å². The Kier molecular flexibility index (Phi) is 3.31. The number of hydrogen-bond acceptors (Lipinski definition) is 5. The summed E-state index contributed by atoms with van der Waals surface area (Å²) in [6, 6.07) is 9.51. The second kappa shape index (κ2) is 5.28. The van der Waals surface area contributed by atoms with Crippen LogP contribution in [-0.4, -0.2) is 36.3 Å². The third-order valence-corrected chi connectivity index (χ3v) is 3.29. The van der Waals surface area contributed by atoms with Gasteiger partial charge in [-0.25, -0.2) is 4.68 Å². The standard InChI is InChI=1S/C14H13N5O2/c1-9(14(20)21)8-19-13(16-17-18-19)11-6-7-15-12-5-3-2-4-10(11)12/h2-7,9H,8H2,1H3,(H,20,21). The first-order valence-corrected chi connectivity index (χ1v) is 6.50. The fourth-order valence-electron chi connectivity index (χ4n) is 2.15. The molecule has 2 aromatic heterocycles. The highest BCUT2D eigenvalue weighted by Crippen LogP contribution is 2.25. The number of benzene rings is 1. The largest absolute Gasteiger partial charge is 0.481 e. The third-order valence-electron chi connectivity index (χ3n) is 3.29. The molecule has 0 aliphatic heterocycles. The van der Waals surface area contributed by atoms with Gasteiger partial charge in [-0.3, -0.25) is 9.78 Å². The molecule has 1 aromatic carbocycles. The summed E-state index contributed by atoms with van der Waals surface area (Å²) >= 11 is 0. The van der Waals surface area contributed by atoms with Gasteiger partial charge in [0.25, 0.3) is 0 Å². The maximum absolute atomic E-state index is 11.0. The molecule has 106 valence electrons. The van der Waals surface area contributed by atoms with Gasteiger partial charge in [-0.1, -0.05) is 25.1 Å². The number of carboxylic acids is 1. The monoisotopic (exact) mass is 283 g/mol. The second-order valence-electron chi connectivity index (χ2n) is 4.80. The Bertz CT molecular complexity index is 793. The molecule has 1 unspecified atom stereocenters. The molecule has 0 saturated heterocycles. The Morgan fingerprint density at radius 1 is 1.33 bits per heavy atom. The molecule has 1 atom stereocenters. The Labute approximate surface area is 120 Å². The van der Waals surface area contributed by atoms with Crippen LogP contribution in [-0.2, 0) is 11.3 Å². The van der Waals surface area contributed by atoms with Crippen LogP contribution < -0.4 is 0 Å². The van der Waals surface area contributed by atoms with Crippen molar-refractivity contribution in [2.24, 2.45) is 5.92 Å². The highest BCUT2D eigenvalue weighted by atomic mass is 16.4. The lowest BCUT2D eigenvalue weighted by Crippen LogP contribution is -2.18. The number of aromatic nitrogens is 5. The molecular formula is C14H13N5O2. The normalized spacial score (nSPS) is 12.4. The van der Waals surface area contributed by atoms with Crippen molar-refractivity contribution in [3.05, 3.63) is 36.5 Å². The van der Waals surface area contributed by atoms with Crippen LogP contribution in [0.4, 0.5) is 0 Å². The van der Waals surface area contributed by atoms with E-state index in [1.807, 2.05) is 30.3 Å². The highest BCUT2D eigenvalue weighted by Gasteiger charge is 2.17. The smallest absolute Gasteiger partial charge is 0.308 e. The van der Waals surface area contributed by atoms with Gasteiger partial charge in [0.15, 0.2) is 5.82 Å². The van der Waals surface area contributed by atoms with Crippen LogP contribution in [0.15, 0.2) is 36.5 Å². The molecule has 7 nitrogen and oxygen atoms in total. The van der Waals surface area contributed by atoms with Crippen molar-refractivity contribution in [1.29, 1.82) is 0 Å². The molecule has 3 aromatic rings. The average molecular weight is 283 g/mol. The van der Waals surface area contributed by atoms with Gasteiger partial charge >= 0.3 is 5.97 Å². The molecule has 1 N–H and O–H groups in total. The number of carboxylic acid groups (broad SMARTS) is 1. The van der Waals surface area contributed by atoms with Gasteiger partial charge in [-0.05, 0) is 22.6 Å². The van der Waals surface area contributed by atoms with E-state index in [1.165, 1.54) is 4.68 Å². The molecular weight excluding hydrogens is 270 g/mol. The summed E-state index contributed by atoms with van der Waals surface area (Å²) in [5.74, 6) is -0.905. The van der Waals surface area contributed by atoms with Gasteiger partial charge in [0.2, 0.25) is 0 Å². The van der Waals surface area contributed by atoms with Gasteiger partial charge in [-0.2, -0.15) is 0 Å². The second-order valence-corrected chi connectivity index (χ2v) is 4.80. The van der Waals surface area contributed by atoms with E-state index in [2.05, 4.69) is 20.5 Å². The van der Waals surface area contributed by atoms with Gasteiger partial charge in [-0.15, -0.1) is 5.10 Å². The molecule has 0 aliphatic rings. The lowest BCUT2D eigenvalue weighted by atomic mass is 10.1. The quantitative estimate of drug-likeness (QED) is 0.781. The van der Waals surface area contributed by atoms with E-state index in [-0.39, 0.29) is 6.54 Å². The third kappa shape index (κ3) is 2.45. The summed E-state index contributed by atoms with van der Waals surface area (Å²) in [7, 11) is 0. The van der Waals surface area contributed by atoms with Gasteiger partial charge < -0.3 is 5.11 Å². The average Bonchev–Trinajstić information content (AvgIpc) is 2.94. The lowest BCUT2D eigenvalue weighted by molar-refractivity contribution is -0.141. The van der Waals surface area contributed by atoms with E-state index in [9.17, 15) is 4.79 Å². The molecule has 0 fully saturated rings. The van der Waals surface area contributed by atoms with Crippen LogP contribution in [0.2, 0.25) is 0 Å². The van der Waals surface area contributed by atoms with Crippen LogP contribution in [0.3, 0.4) is 0 Å². The number of rotatable bonds is 4. The summed E-state index contributed by atoms with van der Waals surface area (Å²) in [6.45, 7) is 1.84. The zero-order valence-corrected chi connectivity index (χ0v) is 11.3. The number of carbonyl (C=O) groups is 1. The van der Waals surface area contributed by atoms with E-state index in [4.69, 9.17) is 5.11 Å². The van der Waals surface area contributed by atoms with Crippen molar-refractivity contribution in [3.8, 4) is 11.4 Å². The molecule has 3 rings (SSSR count). The van der Waals surface area contributed by atoms with Crippen LogP contribution in [0, 0.1) is 5.92 Å². The van der Waals surface area contributed by atoms with Crippen molar-refractivity contribution in [3.63, 3.8) is 0 Å². The van der Waals surface area contributed by atoms with E-state index in [0.717, 1.165) is 16.5 Å². The summed E-state index contributed by atoms with van der Waals surface area (Å²) in [5, 5.41) is 21.5. The molecule has 0 saturated carbocycles. The molecule has 0 bridgehead atoms. The predicted molar refractivity (Wildman–Crippen MR) is 75.4 cm³/mol. The van der Waals surface area contributed by atoms with E-state index in [1.54, 1.807) is 13.1 Å². The summed E-state index contributed by atoms with van der Waals surface area (Å²) in [5.41, 5.74) is 1.68. The van der Waals surface area contributed by atoms with Crippen LogP contribution >= 0.6 is 0 Å². The molecule has 0 amide bonds. The number of pyridine rings is 1. The van der Waals surface area contributed by atoms with Crippen LogP contribution in [0.1, 0.15) is 6.92 Å². The van der Waals surface area contributed by atoms with Gasteiger partial charge in [0, 0.05) is 17.1 Å². The first kappa shape index (κ1) is 13.2. The molecule has 7 heteroatoms. The van der Waals surface area contributed by atoms with Crippen molar-refractivity contribution in [1.82, 2.24) is 25.2 Å². The number of nitrogens with zero attached hydrogens (tertiary/aromatic N) is 5. The van der Waals surface area contributed by atoms with E-state index < -0.39 is 11.9 Å². The first-order valence-electron chi connectivity index (χ1n) is 6.50. The highest BCUT2D eigenvalue weighted by molar-refractivity contribution is 5.92. The molecule has 0 aliphatic carbocycles. The van der Waals surface area contributed by atoms with Crippen molar-refractivity contribution >= 4 is 16.9 Å². The minimum Gasteiger partial charge on any atom is -0.481 e. The van der Waals surface area contributed by atoms with Crippen molar-refractivity contribution in [2.45, 2.75) is 13.5 Å². The zero-order chi connectivity index (χ0) is 14.8. The first-order chi connectivity index (χ1) is 10.2. The summed E-state index contributed by atoms with van der Waals surface area (Å²) in [6.07, 6.45) is 1.69. The number of hydrogen-bond donors (Lipinski definition) is 1. The minimum atomic E-state index is -0.879. The molecule has 0 spiro atoms. The maximum Gasteiger partial charge on any atom is 0.308 e. The fourth-order valence-corrected chi connectivity index (χ4v) is 2.15. The number of tetrazole rings is 1. The summed E-state index contributed by atoms with van der Waals surface area (Å²) < 4.78 is 1.51. The molecule has 2 heterocycles. The van der Waals surface area contributed by atoms with E-state index in [0.29, 0.717) is 5.82 Å². The van der Waals surface area contributed by atoms with Gasteiger partial charge in [0.05, 0.1) is 18.0 Å². The zero-order valence-electron chi connectivity index (χ0n) is 11.3. The van der Waals surface area contributed by atoms with Crippen LogP contribution in [0.25, 0.3) is 22.3 Å². The van der Waals surface area contributed by atoms with Crippen molar-refractivity contribution in [2.75, 3.05) is 0 Å². The Morgan fingerprint density at radius 3 is 2.95 bits per heavy atom. The fraction of sp³-hybridized carbons (Fsp3) is 0.214. The topological polar surface area (TPSA) is 93.8 Å². The number of para-hydroxylation sites is 1. The number of aliphatic carboxylic acids is 1. The van der Waals surface area contributed by atoms with Crippen molar-refractivity contribution < 1.29 is 9.90 Å². The predicted octanol–water partition coefficient (Wildman–Crippen LogP) is 1.61. The SMILES string of the molecule is CC(Cn1nnnc1-c1ccnc2ccccc12)C(=O)O. The summed E-state index contributed by atoms with van der Waals surface area (Å²) in [4.78, 5) is 15.3. The van der Waals surface area contributed by atoms with E-state index >= 15 is 0 Å². The lowest BCUT2D eigenvalue weighted by Gasteiger charge is -2.09. The molecule has 0 radical (unpaired) electrons. The Morgan fingerprint density at radius 2 is 2.14 bits per heavy atom. The number of fused-ring (bicyclic) bond motifs is 1.